The van der Waals surface area contributed by atoms with Crippen molar-refractivity contribution in [3.8, 4) is 0 Å². The average Bonchev–Trinajstić information content (AvgIpc) is 2.34. The summed E-state index contributed by atoms with van der Waals surface area (Å²) in [6.45, 7) is 8.73. The second-order valence-corrected chi connectivity index (χ2v) is 5.88. The third kappa shape index (κ3) is 6.06. The van der Waals surface area contributed by atoms with Crippen LogP contribution in [0.15, 0.2) is 6.20 Å². The number of nitrogens with one attached hydrogen (secondary N) is 3. The summed E-state index contributed by atoms with van der Waals surface area (Å²) in [5, 5.41) is 9.22. The number of hydrogen-bond donors (Lipinski definition) is 3. The molecule has 3 N–H and O–H groups in total. The van der Waals surface area contributed by atoms with Gasteiger partial charge in [0.15, 0.2) is 5.82 Å². The van der Waals surface area contributed by atoms with Gasteiger partial charge in [0, 0.05) is 12.1 Å². The second kappa shape index (κ2) is 7.28. The second-order valence-electron chi connectivity index (χ2n) is 5.47. The van der Waals surface area contributed by atoms with Crippen molar-refractivity contribution in [1.82, 2.24) is 15.3 Å². The van der Waals surface area contributed by atoms with Gasteiger partial charge in [-0.05, 0) is 27.2 Å². The van der Waals surface area contributed by atoms with Crippen LogP contribution in [-0.4, -0.2) is 34.5 Å². The van der Waals surface area contributed by atoms with E-state index < -0.39 is 0 Å². The van der Waals surface area contributed by atoms with Crippen molar-refractivity contribution in [1.29, 1.82) is 0 Å². The summed E-state index contributed by atoms with van der Waals surface area (Å²) >= 11 is 6.00. The summed E-state index contributed by atoms with van der Waals surface area (Å²) in [5.74, 6) is 0.828. The SMILES string of the molecule is CCCNc1ncc(Cl)c(NCC(=O)NC(C)(C)C)n1. The normalized spacial score (nSPS) is 11.1. The monoisotopic (exact) mass is 299 g/mol. The summed E-state index contributed by atoms with van der Waals surface area (Å²) in [5.41, 5.74) is -0.262. The molecular weight excluding hydrogens is 278 g/mol. The van der Waals surface area contributed by atoms with E-state index >= 15 is 0 Å². The Hall–Kier alpha value is -1.56. The molecule has 0 fully saturated rings. The van der Waals surface area contributed by atoms with Crippen LogP contribution in [0, 0.1) is 0 Å². The lowest BCUT2D eigenvalue weighted by molar-refractivity contribution is -0.120. The smallest absolute Gasteiger partial charge is 0.239 e. The van der Waals surface area contributed by atoms with E-state index in [-0.39, 0.29) is 18.0 Å². The van der Waals surface area contributed by atoms with Crippen LogP contribution in [0.3, 0.4) is 0 Å². The number of aromatic nitrogens is 2. The largest absolute Gasteiger partial charge is 0.360 e. The molecule has 0 aliphatic heterocycles. The van der Waals surface area contributed by atoms with Crippen LogP contribution in [0.5, 0.6) is 0 Å². The molecular formula is C13H22ClN5O. The Kier molecular flexibility index (Phi) is 6.01. The van der Waals surface area contributed by atoms with Crippen LogP contribution < -0.4 is 16.0 Å². The standard InChI is InChI=1S/C13H22ClN5O/c1-5-6-15-12-17-7-9(14)11(18-12)16-8-10(20)19-13(2,3)4/h7H,5-6,8H2,1-4H3,(H,19,20)(H2,15,16,17,18). The van der Waals surface area contributed by atoms with E-state index in [1.165, 1.54) is 6.20 Å². The maximum atomic E-state index is 11.7. The average molecular weight is 300 g/mol. The molecule has 7 heteroatoms. The molecule has 20 heavy (non-hydrogen) atoms. The molecule has 0 bridgehead atoms. The number of amides is 1. The number of halogens is 1. The first-order chi connectivity index (χ1) is 9.31. The van der Waals surface area contributed by atoms with Crippen molar-refractivity contribution in [3.05, 3.63) is 11.2 Å². The molecule has 1 aromatic rings. The zero-order valence-electron chi connectivity index (χ0n) is 12.4. The Bertz CT molecular complexity index is 459. The maximum Gasteiger partial charge on any atom is 0.239 e. The fourth-order valence-electron chi connectivity index (χ4n) is 1.44. The van der Waals surface area contributed by atoms with Crippen LogP contribution in [0.25, 0.3) is 0 Å². The Labute approximate surface area is 124 Å². The minimum atomic E-state index is -0.262. The lowest BCUT2D eigenvalue weighted by atomic mass is 10.1. The van der Waals surface area contributed by atoms with Gasteiger partial charge in [0.25, 0.3) is 0 Å². The van der Waals surface area contributed by atoms with Crippen molar-refractivity contribution in [2.45, 2.75) is 39.7 Å². The topological polar surface area (TPSA) is 78.9 Å². The quantitative estimate of drug-likeness (QED) is 0.751. The third-order valence-electron chi connectivity index (χ3n) is 2.21. The predicted octanol–water partition coefficient (Wildman–Crippen LogP) is 2.28. The summed E-state index contributed by atoms with van der Waals surface area (Å²) in [7, 11) is 0. The maximum absolute atomic E-state index is 11.7. The van der Waals surface area contributed by atoms with E-state index in [0.717, 1.165) is 13.0 Å². The van der Waals surface area contributed by atoms with Crippen molar-refractivity contribution in [2.75, 3.05) is 23.7 Å². The first kappa shape index (κ1) is 16.5. The fraction of sp³-hybridized carbons (Fsp3) is 0.615. The summed E-state index contributed by atoms with van der Waals surface area (Å²) in [6, 6.07) is 0. The molecule has 1 aromatic heterocycles. The van der Waals surface area contributed by atoms with E-state index in [4.69, 9.17) is 11.6 Å². The zero-order chi connectivity index (χ0) is 15.2. The molecule has 0 aromatic carbocycles. The molecule has 1 rings (SSSR count). The van der Waals surface area contributed by atoms with Gasteiger partial charge in [-0.3, -0.25) is 4.79 Å². The van der Waals surface area contributed by atoms with Gasteiger partial charge in [-0.2, -0.15) is 4.98 Å². The van der Waals surface area contributed by atoms with Crippen molar-refractivity contribution < 1.29 is 4.79 Å². The zero-order valence-corrected chi connectivity index (χ0v) is 13.1. The number of carbonyl (C=O) groups excluding carboxylic acids is 1. The molecule has 112 valence electrons. The van der Waals surface area contributed by atoms with Crippen LogP contribution >= 0.6 is 11.6 Å². The number of hydrogen-bond acceptors (Lipinski definition) is 5. The lowest BCUT2D eigenvalue weighted by Gasteiger charge is -2.20. The summed E-state index contributed by atoms with van der Waals surface area (Å²) in [6.07, 6.45) is 2.49. The minimum absolute atomic E-state index is 0.112. The molecule has 6 nitrogen and oxygen atoms in total. The van der Waals surface area contributed by atoms with Crippen molar-refractivity contribution in [3.63, 3.8) is 0 Å². The van der Waals surface area contributed by atoms with Gasteiger partial charge < -0.3 is 16.0 Å². The first-order valence-electron chi connectivity index (χ1n) is 6.63. The highest BCUT2D eigenvalue weighted by Crippen LogP contribution is 2.19. The van der Waals surface area contributed by atoms with Gasteiger partial charge in [0.1, 0.15) is 5.02 Å². The third-order valence-corrected chi connectivity index (χ3v) is 2.48. The molecule has 0 atom stereocenters. The van der Waals surface area contributed by atoms with E-state index in [1.807, 2.05) is 20.8 Å². The molecule has 0 spiro atoms. The number of rotatable bonds is 6. The molecule has 1 amide bonds. The molecule has 0 unspecified atom stereocenters. The van der Waals surface area contributed by atoms with Gasteiger partial charge in [0.05, 0.1) is 12.7 Å². The fourth-order valence-corrected chi connectivity index (χ4v) is 1.60. The van der Waals surface area contributed by atoms with Crippen LogP contribution in [-0.2, 0) is 4.79 Å². The molecule has 0 saturated carbocycles. The molecule has 1 heterocycles. The first-order valence-corrected chi connectivity index (χ1v) is 7.01. The number of anilines is 2. The van der Waals surface area contributed by atoms with E-state index in [1.54, 1.807) is 0 Å². The van der Waals surface area contributed by atoms with E-state index in [2.05, 4.69) is 32.8 Å². The van der Waals surface area contributed by atoms with Crippen LogP contribution in [0.2, 0.25) is 5.02 Å². The minimum Gasteiger partial charge on any atom is -0.360 e. The molecule has 0 aliphatic carbocycles. The lowest BCUT2D eigenvalue weighted by Crippen LogP contribution is -2.43. The van der Waals surface area contributed by atoms with Gasteiger partial charge in [-0.25, -0.2) is 4.98 Å². The van der Waals surface area contributed by atoms with Crippen LogP contribution in [0.1, 0.15) is 34.1 Å². The van der Waals surface area contributed by atoms with Gasteiger partial charge >= 0.3 is 0 Å². The highest BCUT2D eigenvalue weighted by Gasteiger charge is 2.14. The Morgan fingerprint density at radius 1 is 1.35 bits per heavy atom. The molecule has 0 radical (unpaired) electrons. The van der Waals surface area contributed by atoms with Crippen molar-refractivity contribution in [2.24, 2.45) is 0 Å². The molecule has 0 saturated heterocycles. The predicted molar refractivity (Wildman–Crippen MR) is 82.2 cm³/mol. The number of nitrogens with zero attached hydrogens (tertiary/aromatic N) is 2. The number of carbonyl (C=O) groups is 1. The van der Waals surface area contributed by atoms with Gasteiger partial charge in [-0.15, -0.1) is 0 Å². The van der Waals surface area contributed by atoms with Crippen LogP contribution in [0.4, 0.5) is 11.8 Å². The van der Waals surface area contributed by atoms with Crippen molar-refractivity contribution >= 4 is 29.3 Å². The Morgan fingerprint density at radius 2 is 2.05 bits per heavy atom. The summed E-state index contributed by atoms with van der Waals surface area (Å²) < 4.78 is 0. The van der Waals surface area contributed by atoms with Gasteiger partial charge in [-0.1, -0.05) is 18.5 Å². The highest BCUT2D eigenvalue weighted by molar-refractivity contribution is 6.32. The molecule has 0 aliphatic rings. The Morgan fingerprint density at radius 3 is 2.65 bits per heavy atom. The summed E-state index contributed by atoms with van der Waals surface area (Å²) in [4.78, 5) is 20.0. The van der Waals surface area contributed by atoms with Gasteiger partial charge in [0.2, 0.25) is 11.9 Å². The van der Waals surface area contributed by atoms with E-state index in [0.29, 0.717) is 16.8 Å². The highest BCUT2D eigenvalue weighted by atomic mass is 35.5. The van der Waals surface area contributed by atoms with E-state index in [9.17, 15) is 4.79 Å². The Balaban J connectivity index is 2.60.